The number of carbonyl (C=O) groups is 1. The molecule has 0 unspecified atom stereocenters. The second-order valence-electron chi connectivity index (χ2n) is 6.14. The third-order valence-electron chi connectivity index (χ3n) is 4.20. The first-order chi connectivity index (χ1) is 14.3. The van der Waals surface area contributed by atoms with Gasteiger partial charge in [0.05, 0.1) is 5.75 Å². The van der Waals surface area contributed by atoms with Crippen LogP contribution in [0.5, 0.6) is 11.5 Å². The van der Waals surface area contributed by atoms with Crippen molar-refractivity contribution in [1.29, 1.82) is 0 Å². The molecule has 1 amide bonds. The van der Waals surface area contributed by atoms with Crippen molar-refractivity contribution in [3.05, 3.63) is 65.7 Å². The first-order valence-corrected chi connectivity index (χ1v) is 11.0. The quantitative estimate of drug-likeness (QED) is 0.530. The van der Waals surface area contributed by atoms with Gasteiger partial charge in [-0.05, 0) is 17.7 Å². The van der Waals surface area contributed by atoms with Gasteiger partial charge >= 0.3 is 0 Å². The topological polar surface area (TPSA) is 64.6 Å². The van der Waals surface area contributed by atoms with Crippen LogP contribution in [0.25, 0.3) is 6.08 Å². The zero-order valence-corrected chi connectivity index (χ0v) is 17.2. The lowest BCUT2D eigenvalue weighted by Crippen LogP contribution is -2.32. The number of carbonyl (C=O) groups excluding carboxylic acids is 1. The molecule has 0 saturated heterocycles. The number of anilines is 1. The number of fused-ring (bicyclic) bond motifs is 1. The highest BCUT2D eigenvalue weighted by molar-refractivity contribution is 8.01. The summed E-state index contributed by atoms with van der Waals surface area (Å²) in [5, 5.41) is 7.81. The summed E-state index contributed by atoms with van der Waals surface area (Å²) in [5.74, 6) is 1.63. The zero-order chi connectivity index (χ0) is 19.9. The van der Waals surface area contributed by atoms with E-state index in [1.54, 1.807) is 10.4 Å². The number of benzene rings is 2. The van der Waals surface area contributed by atoms with Gasteiger partial charge < -0.3 is 14.4 Å². The maximum atomic E-state index is 13.0. The molecule has 3 aromatic rings. The molecule has 2 aromatic carbocycles. The van der Waals surface area contributed by atoms with E-state index >= 15 is 0 Å². The minimum Gasteiger partial charge on any atom is -0.486 e. The number of rotatable bonds is 7. The van der Waals surface area contributed by atoms with Crippen molar-refractivity contribution in [3.63, 3.8) is 0 Å². The number of hydrogen-bond donors (Lipinski definition) is 0. The maximum Gasteiger partial charge on any atom is 0.237 e. The SMILES string of the molecule is O=C(CSc1nncs1)N(CC=Cc1ccccc1)c1ccc2c(c1)OCCO2. The Balaban J connectivity index is 1.52. The van der Waals surface area contributed by atoms with E-state index in [1.807, 2.05) is 60.7 Å². The van der Waals surface area contributed by atoms with E-state index in [4.69, 9.17) is 9.47 Å². The van der Waals surface area contributed by atoms with Crippen molar-refractivity contribution in [2.75, 3.05) is 30.4 Å². The van der Waals surface area contributed by atoms with Crippen LogP contribution >= 0.6 is 23.1 Å². The van der Waals surface area contributed by atoms with E-state index in [2.05, 4.69) is 10.2 Å². The summed E-state index contributed by atoms with van der Waals surface area (Å²) in [6.45, 7) is 1.49. The molecule has 0 bridgehead atoms. The molecule has 0 saturated carbocycles. The molecule has 29 heavy (non-hydrogen) atoms. The van der Waals surface area contributed by atoms with Crippen molar-refractivity contribution in [2.45, 2.75) is 4.34 Å². The highest BCUT2D eigenvalue weighted by atomic mass is 32.2. The van der Waals surface area contributed by atoms with Gasteiger partial charge in [0.2, 0.25) is 5.91 Å². The fourth-order valence-electron chi connectivity index (χ4n) is 2.84. The summed E-state index contributed by atoms with van der Waals surface area (Å²) in [4.78, 5) is 14.7. The lowest BCUT2D eigenvalue weighted by Gasteiger charge is -2.24. The average molecular weight is 426 g/mol. The van der Waals surface area contributed by atoms with Crippen molar-refractivity contribution >= 4 is 40.8 Å². The van der Waals surface area contributed by atoms with Crippen LogP contribution in [-0.4, -0.2) is 41.6 Å². The van der Waals surface area contributed by atoms with Crippen LogP contribution in [-0.2, 0) is 4.79 Å². The van der Waals surface area contributed by atoms with E-state index in [0.29, 0.717) is 31.3 Å². The number of amides is 1. The molecule has 0 aliphatic carbocycles. The maximum absolute atomic E-state index is 13.0. The fraction of sp³-hybridized carbons (Fsp3) is 0.190. The van der Waals surface area contributed by atoms with Crippen molar-refractivity contribution in [2.24, 2.45) is 0 Å². The van der Waals surface area contributed by atoms with Crippen LogP contribution in [0.15, 0.2) is 64.5 Å². The molecule has 0 spiro atoms. The summed E-state index contributed by atoms with van der Waals surface area (Å²) in [5.41, 5.74) is 3.52. The Morgan fingerprint density at radius 2 is 1.97 bits per heavy atom. The monoisotopic (exact) mass is 425 g/mol. The highest BCUT2D eigenvalue weighted by Gasteiger charge is 2.19. The van der Waals surface area contributed by atoms with Gasteiger partial charge in [-0.1, -0.05) is 65.6 Å². The molecule has 6 nitrogen and oxygen atoms in total. The molecular weight excluding hydrogens is 406 g/mol. The van der Waals surface area contributed by atoms with Crippen LogP contribution in [0.1, 0.15) is 5.56 Å². The Labute approximate surface area is 177 Å². The third kappa shape index (κ3) is 5.16. The highest BCUT2D eigenvalue weighted by Crippen LogP contribution is 2.34. The van der Waals surface area contributed by atoms with Gasteiger partial charge in [-0.3, -0.25) is 4.79 Å². The normalized spacial score (nSPS) is 12.8. The minimum atomic E-state index is -0.0143. The lowest BCUT2D eigenvalue weighted by molar-refractivity contribution is -0.116. The summed E-state index contributed by atoms with van der Waals surface area (Å²) >= 11 is 2.82. The van der Waals surface area contributed by atoms with E-state index in [0.717, 1.165) is 15.6 Å². The standard InChI is InChI=1S/C21H19N3O3S2/c25-20(14-28-21-23-22-15-29-21)24(10-4-7-16-5-2-1-3-6-16)17-8-9-18-19(13-17)27-12-11-26-18/h1-9,13,15H,10-12,14H2. The largest absolute Gasteiger partial charge is 0.486 e. The average Bonchev–Trinajstić information content (AvgIpc) is 3.29. The van der Waals surface area contributed by atoms with Gasteiger partial charge in [-0.2, -0.15) is 0 Å². The van der Waals surface area contributed by atoms with Crippen molar-refractivity contribution in [1.82, 2.24) is 10.2 Å². The number of ether oxygens (including phenoxy) is 2. The van der Waals surface area contributed by atoms with Crippen LogP contribution in [0.3, 0.4) is 0 Å². The van der Waals surface area contributed by atoms with E-state index in [9.17, 15) is 4.79 Å². The van der Waals surface area contributed by atoms with Gasteiger partial charge in [-0.15, -0.1) is 10.2 Å². The Kier molecular flexibility index (Phi) is 6.43. The number of thioether (sulfide) groups is 1. The summed E-state index contributed by atoms with van der Waals surface area (Å²) < 4.78 is 12.1. The number of hydrogen-bond acceptors (Lipinski definition) is 7. The summed E-state index contributed by atoms with van der Waals surface area (Å²) in [7, 11) is 0. The zero-order valence-electron chi connectivity index (χ0n) is 15.6. The van der Waals surface area contributed by atoms with Crippen LogP contribution in [0.4, 0.5) is 5.69 Å². The fourth-order valence-corrected chi connectivity index (χ4v) is 4.20. The molecule has 148 valence electrons. The molecular formula is C21H19N3O3S2. The molecule has 4 rings (SSSR count). The summed E-state index contributed by atoms with van der Waals surface area (Å²) in [6.07, 6.45) is 4.00. The van der Waals surface area contributed by atoms with E-state index in [-0.39, 0.29) is 11.7 Å². The molecule has 1 aliphatic rings. The molecule has 1 aliphatic heterocycles. The third-order valence-corrected chi connectivity index (χ3v) is 6.04. The molecule has 0 N–H and O–H groups in total. The van der Waals surface area contributed by atoms with Crippen molar-refractivity contribution < 1.29 is 14.3 Å². The predicted octanol–water partition coefficient (Wildman–Crippen LogP) is 4.15. The molecule has 1 aromatic heterocycles. The Morgan fingerprint density at radius 1 is 1.14 bits per heavy atom. The van der Waals surface area contributed by atoms with Gasteiger partial charge in [-0.25, -0.2) is 0 Å². The Bertz CT molecular complexity index is 978. The van der Waals surface area contributed by atoms with Crippen LogP contribution < -0.4 is 14.4 Å². The van der Waals surface area contributed by atoms with E-state index < -0.39 is 0 Å². The van der Waals surface area contributed by atoms with Gasteiger partial charge in [0.15, 0.2) is 15.8 Å². The minimum absolute atomic E-state index is 0.0143. The molecule has 0 atom stereocenters. The van der Waals surface area contributed by atoms with Crippen LogP contribution in [0, 0.1) is 0 Å². The second-order valence-corrected chi connectivity index (χ2v) is 8.19. The first kappa shape index (κ1) is 19.5. The molecule has 0 fully saturated rings. The van der Waals surface area contributed by atoms with Gasteiger partial charge in [0.1, 0.15) is 18.7 Å². The van der Waals surface area contributed by atoms with Crippen LogP contribution in [0.2, 0.25) is 0 Å². The number of nitrogens with zero attached hydrogens (tertiary/aromatic N) is 3. The smallest absolute Gasteiger partial charge is 0.237 e. The predicted molar refractivity (Wildman–Crippen MR) is 116 cm³/mol. The molecule has 8 heteroatoms. The van der Waals surface area contributed by atoms with Gasteiger partial charge in [0.25, 0.3) is 0 Å². The Morgan fingerprint density at radius 3 is 2.76 bits per heavy atom. The lowest BCUT2D eigenvalue weighted by atomic mass is 10.2. The van der Waals surface area contributed by atoms with Crippen molar-refractivity contribution in [3.8, 4) is 11.5 Å². The number of aromatic nitrogens is 2. The second kappa shape index (κ2) is 9.58. The first-order valence-electron chi connectivity index (χ1n) is 9.10. The summed E-state index contributed by atoms with van der Waals surface area (Å²) in [6, 6.07) is 15.6. The molecule has 2 heterocycles. The Hall–Kier alpha value is -2.84. The van der Waals surface area contributed by atoms with Gasteiger partial charge in [0, 0.05) is 18.3 Å². The molecule has 0 radical (unpaired) electrons. The van der Waals surface area contributed by atoms with E-state index in [1.165, 1.54) is 23.1 Å².